The Kier molecular flexibility index (Phi) is 5.66. The summed E-state index contributed by atoms with van der Waals surface area (Å²) in [5.41, 5.74) is 5.70. The van der Waals surface area contributed by atoms with E-state index >= 15 is 0 Å². The van der Waals surface area contributed by atoms with Gasteiger partial charge in [-0.1, -0.05) is 20.8 Å². The summed E-state index contributed by atoms with van der Waals surface area (Å²) in [5, 5.41) is 0.222. The van der Waals surface area contributed by atoms with Gasteiger partial charge >= 0.3 is 0 Å². The maximum Gasteiger partial charge on any atom is 0.192 e. The first-order valence-electron chi connectivity index (χ1n) is 8.90. The van der Waals surface area contributed by atoms with Crippen LogP contribution in [0.25, 0.3) is 0 Å². The van der Waals surface area contributed by atoms with E-state index < -0.39 is 14.1 Å². The third-order valence-electron chi connectivity index (χ3n) is 5.55. The maximum atomic E-state index is 6.49. The van der Waals surface area contributed by atoms with Gasteiger partial charge in [-0.25, -0.2) is 0 Å². The van der Waals surface area contributed by atoms with Crippen LogP contribution in [0.3, 0.4) is 0 Å². The normalized spacial score (nSPS) is 31.6. The van der Waals surface area contributed by atoms with Crippen molar-refractivity contribution in [1.29, 1.82) is 0 Å². The van der Waals surface area contributed by atoms with Crippen LogP contribution in [0.1, 0.15) is 41.0 Å². The molecule has 2 saturated heterocycles. The average Bonchev–Trinajstić information content (AvgIpc) is 2.84. The lowest BCUT2D eigenvalue weighted by Gasteiger charge is -2.38. The highest BCUT2D eigenvalue weighted by Crippen LogP contribution is 2.40. The molecule has 0 aromatic carbocycles. The van der Waals surface area contributed by atoms with Crippen LogP contribution >= 0.6 is 0 Å². The molecule has 136 valence electrons. The van der Waals surface area contributed by atoms with Gasteiger partial charge in [0.1, 0.15) is 12.2 Å². The average molecular weight is 345 g/mol. The van der Waals surface area contributed by atoms with Crippen LogP contribution < -0.4 is 5.73 Å². The molecule has 2 N–H and O–H groups in total. The van der Waals surface area contributed by atoms with Crippen molar-refractivity contribution in [2.75, 3.05) is 26.2 Å². The summed E-state index contributed by atoms with van der Waals surface area (Å²) >= 11 is 0. The van der Waals surface area contributed by atoms with Crippen molar-refractivity contribution < 1.29 is 13.9 Å². The van der Waals surface area contributed by atoms with Gasteiger partial charge in [-0.05, 0) is 51.5 Å². The van der Waals surface area contributed by atoms with Crippen LogP contribution in [0.5, 0.6) is 0 Å². The fraction of sp³-hybridized carbons (Fsp3) is 1.00. The first-order valence-corrected chi connectivity index (χ1v) is 11.8. The summed E-state index contributed by atoms with van der Waals surface area (Å²) in [6.45, 7) is 18.8. The number of fused-ring (bicyclic) bond motifs is 1. The molecule has 2 fully saturated rings. The second-order valence-electron chi connectivity index (χ2n) is 8.91. The molecule has 2 aliphatic heterocycles. The minimum Gasteiger partial charge on any atom is -0.415 e. The van der Waals surface area contributed by atoms with E-state index in [9.17, 15) is 0 Å². The number of nitrogens with two attached hydrogens (primary N) is 1. The Morgan fingerprint density at radius 3 is 2.48 bits per heavy atom. The van der Waals surface area contributed by atoms with Crippen molar-refractivity contribution in [3.05, 3.63) is 0 Å². The first kappa shape index (κ1) is 19.3. The van der Waals surface area contributed by atoms with Crippen LogP contribution in [0.4, 0.5) is 0 Å². The Balaban J connectivity index is 2.05. The molecule has 23 heavy (non-hydrogen) atoms. The first-order chi connectivity index (χ1) is 10.5. The molecule has 0 aromatic heterocycles. The minimum atomic E-state index is -1.76. The number of hydrogen-bond acceptors (Lipinski definition) is 5. The van der Waals surface area contributed by atoms with Crippen molar-refractivity contribution in [2.45, 2.75) is 83.2 Å². The van der Waals surface area contributed by atoms with Gasteiger partial charge < -0.3 is 19.6 Å². The fourth-order valence-electron chi connectivity index (χ4n) is 3.17. The molecule has 0 spiro atoms. The lowest BCUT2D eigenvalue weighted by molar-refractivity contribution is -0.163. The zero-order chi connectivity index (χ0) is 17.5. The van der Waals surface area contributed by atoms with Crippen LogP contribution in [-0.2, 0) is 13.9 Å². The van der Waals surface area contributed by atoms with Gasteiger partial charge in [-0.2, -0.15) is 0 Å². The van der Waals surface area contributed by atoms with Gasteiger partial charge in [0.05, 0.1) is 12.6 Å². The van der Waals surface area contributed by atoms with Crippen molar-refractivity contribution in [1.82, 2.24) is 4.90 Å². The van der Waals surface area contributed by atoms with Gasteiger partial charge in [0.15, 0.2) is 14.1 Å². The molecule has 0 aliphatic carbocycles. The molecule has 2 aliphatic rings. The number of rotatable bonds is 6. The van der Waals surface area contributed by atoms with E-state index in [1.54, 1.807) is 0 Å². The molecule has 2 rings (SSSR count). The van der Waals surface area contributed by atoms with E-state index in [1.165, 1.54) is 0 Å². The van der Waals surface area contributed by atoms with Crippen molar-refractivity contribution >= 4 is 8.32 Å². The number of hydrogen-bond donors (Lipinski definition) is 1. The fourth-order valence-corrected chi connectivity index (χ4v) is 4.19. The molecule has 0 amide bonds. The zero-order valence-corrected chi connectivity index (χ0v) is 17.0. The monoisotopic (exact) mass is 344 g/mol. The highest BCUT2D eigenvalue weighted by atomic mass is 28.4. The standard InChI is InChI=1S/C17H36N2O3Si/c1-16(2,3)23(6,7)20-12-13-15-14(21-17(4,5)22-15)11-19(13)10-8-9-18/h13-15H,8-12,18H2,1-7H3/t13-,14+,15-/m1/s1. The lowest BCUT2D eigenvalue weighted by atomic mass is 10.1. The summed E-state index contributed by atoms with van der Waals surface area (Å²) < 4.78 is 18.8. The molecule has 6 heteroatoms. The SMILES string of the molecule is CC1(C)O[C@H]2[C@H](CN(CCCN)[C@@H]2CO[Si](C)(C)C(C)(C)C)O1. The molecule has 0 saturated carbocycles. The summed E-state index contributed by atoms with van der Waals surface area (Å²) in [6, 6.07) is 0.266. The minimum absolute atomic E-state index is 0.104. The predicted octanol–water partition coefficient (Wildman–Crippen LogP) is 2.56. The highest BCUT2D eigenvalue weighted by Gasteiger charge is 2.52. The number of likely N-dealkylation sites (tertiary alicyclic amines) is 1. The second kappa shape index (κ2) is 6.73. The van der Waals surface area contributed by atoms with E-state index in [0.717, 1.165) is 32.7 Å². The van der Waals surface area contributed by atoms with Crippen LogP contribution in [0.2, 0.25) is 18.1 Å². The highest BCUT2D eigenvalue weighted by molar-refractivity contribution is 6.74. The quantitative estimate of drug-likeness (QED) is 0.751. The Morgan fingerprint density at radius 1 is 1.26 bits per heavy atom. The molecule has 0 bridgehead atoms. The van der Waals surface area contributed by atoms with Crippen LogP contribution in [-0.4, -0.2) is 63.5 Å². The van der Waals surface area contributed by atoms with E-state index in [4.69, 9.17) is 19.6 Å². The van der Waals surface area contributed by atoms with Crippen molar-refractivity contribution in [3.63, 3.8) is 0 Å². The lowest BCUT2D eigenvalue weighted by Crippen LogP contribution is -2.48. The van der Waals surface area contributed by atoms with Crippen LogP contribution in [0, 0.1) is 0 Å². The third-order valence-corrected chi connectivity index (χ3v) is 10.1. The third kappa shape index (κ3) is 4.35. The van der Waals surface area contributed by atoms with E-state index in [1.807, 2.05) is 13.8 Å². The Bertz CT molecular complexity index is 409. The maximum absolute atomic E-state index is 6.49. The Morgan fingerprint density at radius 2 is 1.91 bits per heavy atom. The number of ether oxygens (including phenoxy) is 2. The van der Waals surface area contributed by atoms with Gasteiger partial charge in [0.25, 0.3) is 0 Å². The van der Waals surface area contributed by atoms with Gasteiger partial charge in [-0.3, -0.25) is 4.90 Å². The topological polar surface area (TPSA) is 57.0 Å². The molecule has 0 radical (unpaired) electrons. The molecule has 5 nitrogen and oxygen atoms in total. The van der Waals surface area contributed by atoms with Crippen LogP contribution in [0.15, 0.2) is 0 Å². The molecule has 2 heterocycles. The van der Waals surface area contributed by atoms with E-state index in [-0.39, 0.29) is 23.3 Å². The zero-order valence-electron chi connectivity index (χ0n) is 16.0. The summed E-state index contributed by atoms with van der Waals surface area (Å²) in [5.74, 6) is -0.482. The summed E-state index contributed by atoms with van der Waals surface area (Å²) in [4.78, 5) is 2.45. The predicted molar refractivity (Wildman–Crippen MR) is 96.0 cm³/mol. The van der Waals surface area contributed by atoms with Gasteiger partial charge in [0, 0.05) is 6.54 Å². The molecule has 0 aromatic rings. The number of nitrogens with zero attached hydrogens (tertiary/aromatic N) is 1. The Labute approximate surface area is 143 Å². The van der Waals surface area contributed by atoms with Gasteiger partial charge in [0.2, 0.25) is 0 Å². The van der Waals surface area contributed by atoms with E-state index in [0.29, 0.717) is 0 Å². The molecular formula is C17H36N2O3Si. The van der Waals surface area contributed by atoms with Gasteiger partial charge in [-0.15, -0.1) is 0 Å². The van der Waals surface area contributed by atoms with Crippen molar-refractivity contribution in [3.8, 4) is 0 Å². The summed E-state index contributed by atoms with van der Waals surface area (Å²) in [7, 11) is -1.76. The summed E-state index contributed by atoms with van der Waals surface area (Å²) in [6.07, 6.45) is 1.25. The molecule has 0 unspecified atom stereocenters. The Hall–Kier alpha value is 0.0169. The molecule has 3 atom stereocenters. The van der Waals surface area contributed by atoms with E-state index in [2.05, 4.69) is 38.8 Å². The van der Waals surface area contributed by atoms with Crippen molar-refractivity contribution in [2.24, 2.45) is 5.73 Å². The smallest absolute Gasteiger partial charge is 0.192 e. The second-order valence-corrected chi connectivity index (χ2v) is 13.7. The molecular weight excluding hydrogens is 308 g/mol. The largest absolute Gasteiger partial charge is 0.415 e.